The molecule has 0 aliphatic carbocycles. The Kier molecular flexibility index (Phi) is 1.20. The first-order valence-electron chi connectivity index (χ1n) is 2.49. The summed E-state index contributed by atoms with van der Waals surface area (Å²) in [6.07, 6.45) is 2.24. The molecule has 0 aliphatic heterocycles. The van der Waals surface area contributed by atoms with Crippen LogP contribution in [0, 0.1) is 0 Å². The summed E-state index contributed by atoms with van der Waals surface area (Å²) in [6.45, 7) is 1.95. The summed E-state index contributed by atoms with van der Waals surface area (Å²) in [5, 5.41) is 0. The number of hydrogen-bond donors (Lipinski definition) is 1. The molecule has 1 rings (SSSR count). The lowest BCUT2D eigenvalue weighted by Crippen LogP contribution is -1.95. The van der Waals surface area contributed by atoms with Crippen LogP contribution in [0.15, 0.2) is 15.5 Å². The number of rotatable bonds is 1. The van der Waals surface area contributed by atoms with Crippen LogP contribution in [0.3, 0.4) is 0 Å². The van der Waals surface area contributed by atoms with Crippen LogP contribution in [-0.4, -0.2) is 4.98 Å². The summed E-state index contributed by atoms with van der Waals surface area (Å²) in [6, 6.07) is 0. The first-order chi connectivity index (χ1) is 3.83. The van der Waals surface area contributed by atoms with Gasteiger partial charge in [-0.3, -0.25) is 4.98 Å². The third-order valence-electron chi connectivity index (χ3n) is 0.952. The van der Waals surface area contributed by atoms with E-state index in [1.54, 1.807) is 0 Å². The zero-order valence-electron chi connectivity index (χ0n) is 4.60. The summed E-state index contributed by atoms with van der Waals surface area (Å²) in [4.78, 5) is 12.7. The molecule has 3 heteroatoms. The Bertz CT molecular complexity index is 210. The van der Waals surface area contributed by atoms with Crippen molar-refractivity contribution in [2.45, 2.75) is 13.3 Å². The van der Waals surface area contributed by atoms with Gasteiger partial charge in [0.2, 0.25) is 0 Å². The van der Waals surface area contributed by atoms with E-state index in [2.05, 4.69) is 9.40 Å². The predicted octanol–water partition coefficient (Wildman–Crippen LogP) is 0.530. The number of oxazole rings is 1. The van der Waals surface area contributed by atoms with Gasteiger partial charge in [-0.15, -0.1) is 0 Å². The average Bonchev–Trinajstić information content (AvgIpc) is 2.14. The fraction of sp³-hybridized carbons (Fsp3) is 0.400. The minimum absolute atomic E-state index is 0.373. The molecular weight excluding hydrogens is 106 g/mol. The number of hydrogen-bond acceptors (Lipinski definition) is 2. The van der Waals surface area contributed by atoms with Gasteiger partial charge in [0.15, 0.2) is 0 Å². The van der Waals surface area contributed by atoms with Crippen molar-refractivity contribution in [1.82, 2.24) is 4.98 Å². The van der Waals surface area contributed by atoms with Crippen LogP contribution >= 0.6 is 0 Å². The standard InChI is InChI=1S/C5H7NO2/c1-2-4-3-8-5(7)6-4/h3H,2H2,1H3,(H,6,7). The van der Waals surface area contributed by atoms with Crippen LogP contribution in [0.2, 0.25) is 0 Å². The maximum atomic E-state index is 10.2. The summed E-state index contributed by atoms with van der Waals surface area (Å²) in [5.74, 6) is -0.373. The van der Waals surface area contributed by atoms with Gasteiger partial charge in [-0.2, -0.15) is 0 Å². The smallest absolute Gasteiger partial charge is 0.416 e. The molecular formula is C5H7NO2. The quantitative estimate of drug-likeness (QED) is 0.577. The first-order valence-corrected chi connectivity index (χ1v) is 2.49. The Morgan fingerprint density at radius 2 is 2.62 bits per heavy atom. The van der Waals surface area contributed by atoms with Crippen molar-refractivity contribution in [2.24, 2.45) is 0 Å². The van der Waals surface area contributed by atoms with E-state index < -0.39 is 0 Å². The van der Waals surface area contributed by atoms with Gasteiger partial charge in [-0.1, -0.05) is 6.92 Å². The van der Waals surface area contributed by atoms with Gasteiger partial charge in [0.05, 0.1) is 5.69 Å². The number of aromatic nitrogens is 1. The lowest BCUT2D eigenvalue weighted by atomic mass is 10.4. The maximum absolute atomic E-state index is 10.2. The summed E-state index contributed by atoms with van der Waals surface area (Å²) < 4.78 is 4.44. The van der Waals surface area contributed by atoms with Gasteiger partial charge in [-0.25, -0.2) is 4.79 Å². The van der Waals surface area contributed by atoms with E-state index in [1.807, 2.05) is 6.92 Å². The summed E-state index contributed by atoms with van der Waals surface area (Å²) in [5.41, 5.74) is 0.843. The molecule has 0 radical (unpaired) electrons. The molecule has 44 valence electrons. The molecule has 0 saturated carbocycles. The predicted molar refractivity (Wildman–Crippen MR) is 28.7 cm³/mol. The van der Waals surface area contributed by atoms with Crippen molar-refractivity contribution in [3.63, 3.8) is 0 Å². The Labute approximate surface area is 46.3 Å². The average molecular weight is 113 g/mol. The van der Waals surface area contributed by atoms with E-state index in [1.165, 1.54) is 6.26 Å². The summed E-state index contributed by atoms with van der Waals surface area (Å²) in [7, 11) is 0. The molecule has 0 unspecified atom stereocenters. The highest BCUT2D eigenvalue weighted by atomic mass is 16.4. The molecule has 1 N–H and O–H groups in total. The number of aromatic amines is 1. The topological polar surface area (TPSA) is 46.0 Å². The molecule has 0 bridgehead atoms. The maximum Gasteiger partial charge on any atom is 0.416 e. The molecule has 0 atom stereocenters. The molecule has 0 aliphatic rings. The molecule has 0 aromatic carbocycles. The van der Waals surface area contributed by atoms with Crippen LogP contribution in [0.5, 0.6) is 0 Å². The van der Waals surface area contributed by atoms with Crippen molar-refractivity contribution in [3.8, 4) is 0 Å². The van der Waals surface area contributed by atoms with Gasteiger partial charge < -0.3 is 4.42 Å². The van der Waals surface area contributed by atoms with Crippen molar-refractivity contribution in [3.05, 3.63) is 22.5 Å². The molecule has 0 amide bonds. The Hall–Kier alpha value is -0.990. The third-order valence-corrected chi connectivity index (χ3v) is 0.952. The summed E-state index contributed by atoms with van der Waals surface area (Å²) >= 11 is 0. The highest BCUT2D eigenvalue weighted by Crippen LogP contribution is 1.88. The molecule has 0 fully saturated rings. The van der Waals surface area contributed by atoms with Gasteiger partial charge in [0, 0.05) is 0 Å². The zero-order valence-corrected chi connectivity index (χ0v) is 4.60. The van der Waals surface area contributed by atoms with Crippen LogP contribution < -0.4 is 5.76 Å². The largest absolute Gasteiger partial charge is 0.416 e. The number of nitrogens with one attached hydrogen (secondary N) is 1. The normalized spacial score (nSPS) is 9.62. The highest BCUT2D eigenvalue weighted by Gasteiger charge is 1.90. The van der Waals surface area contributed by atoms with E-state index in [4.69, 9.17) is 0 Å². The van der Waals surface area contributed by atoms with E-state index in [0.717, 1.165) is 12.1 Å². The molecule has 0 saturated heterocycles. The van der Waals surface area contributed by atoms with E-state index >= 15 is 0 Å². The Morgan fingerprint density at radius 1 is 1.88 bits per heavy atom. The first kappa shape index (κ1) is 5.15. The fourth-order valence-corrected chi connectivity index (χ4v) is 0.486. The van der Waals surface area contributed by atoms with Crippen molar-refractivity contribution in [1.29, 1.82) is 0 Å². The van der Waals surface area contributed by atoms with Crippen LogP contribution in [0.1, 0.15) is 12.6 Å². The lowest BCUT2D eigenvalue weighted by Gasteiger charge is -1.77. The van der Waals surface area contributed by atoms with E-state index in [0.29, 0.717) is 0 Å². The monoisotopic (exact) mass is 113 g/mol. The van der Waals surface area contributed by atoms with Crippen LogP contribution in [0.25, 0.3) is 0 Å². The highest BCUT2D eigenvalue weighted by molar-refractivity contribution is 4.88. The second kappa shape index (κ2) is 1.86. The lowest BCUT2D eigenvalue weighted by molar-refractivity contribution is 0.514. The SMILES string of the molecule is CCc1coc(=O)[nH]1. The molecule has 0 spiro atoms. The minimum Gasteiger partial charge on any atom is -0.416 e. The molecule has 3 nitrogen and oxygen atoms in total. The van der Waals surface area contributed by atoms with E-state index in [9.17, 15) is 4.79 Å². The minimum atomic E-state index is -0.373. The third kappa shape index (κ3) is 0.804. The molecule has 1 aromatic heterocycles. The molecule has 1 heterocycles. The number of H-pyrrole nitrogens is 1. The second-order valence-electron chi connectivity index (χ2n) is 1.53. The Balaban J connectivity index is 3.01. The van der Waals surface area contributed by atoms with Crippen molar-refractivity contribution < 1.29 is 4.42 Å². The molecule has 1 aromatic rings. The van der Waals surface area contributed by atoms with Crippen molar-refractivity contribution >= 4 is 0 Å². The van der Waals surface area contributed by atoms with Gasteiger partial charge in [0.1, 0.15) is 6.26 Å². The Morgan fingerprint density at radius 3 is 2.88 bits per heavy atom. The fourth-order valence-electron chi connectivity index (χ4n) is 0.486. The van der Waals surface area contributed by atoms with Crippen LogP contribution in [-0.2, 0) is 6.42 Å². The van der Waals surface area contributed by atoms with Gasteiger partial charge >= 0.3 is 5.76 Å². The second-order valence-corrected chi connectivity index (χ2v) is 1.53. The van der Waals surface area contributed by atoms with Crippen LogP contribution in [0.4, 0.5) is 0 Å². The van der Waals surface area contributed by atoms with Gasteiger partial charge in [0.25, 0.3) is 0 Å². The number of aryl methyl sites for hydroxylation is 1. The van der Waals surface area contributed by atoms with Crippen molar-refractivity contribution in [2.75, 3.05) is 0 Å². The van der Waals surface area contributed by atoms with E-state index in [-0.39, 0.29) is 5.76 Å². The van der Waals surface area contributed by atoms with Gasteiger partial charge in [-0.05, 0) is 6.42 Å². The zero-order chi connectivity index (χ0) is 5.98. The molecule has 8 heavy (non-hydrogen) atoms.